The van der Waals surface area contributed by atoms with E-state index in [4.69, 9.17) is 9.63 Å². The first-order valence-corrected chi connectivity index (χ1v) is 5.72. The third kappa shape index (κ3) is 1.44. The largest absolute Gasteiger partial charge is 0.481 e. The zero-order chi connectivity index (χ0) is 11.1. The summed E-state index contributed by atoms with van der Waals surface area (Å²) in [5.74, 6) is 0.206. The van der Waals surface area contributed by atoms with Crippen LogP contribution in [0.15, 0.2) is 9.55 Å². The molecular weight excluding hydrogens is 230 g/mol. The highest BCUT2D eigenvalue weighted by molar-refractivity contribution is 7.99. The lowest BCUT2D eigenvalue weighted by molar-refractivity contribution is -0.136. The average molecular weight is 237 g/mol. The molecule has 0 amide bonds. The fraction of sp³-hybridized carbons (Fsp3) is 0.333. The minimum Gasteiger partial charge on any atom is -0.481 e. The minimum atomic E-state index is -0.952. The highest BCUT2D eigenvalue weighted by Gasteiger charge is 2.21. The Bertz CT molecular complexity index is 581. The van der Waals surface area contributed by atoms with Crippen molar-refractivity contribution in [2.45, 2.75) is 17.9 Å². The van der Waals surface area contributed by atoms with Gasteiger partial charge in [-0.3, -0.25) is 4.79 Å². The summed E-state index contributed by atoms with van der Waals surface area (Å²) in [6.45, 7) is 0. The molecule has 1 N–H and O–H groups in total. The predicted molar refractivity (Wildman–Crippen MR) is 55.4 cm³/mol. The van der Waals surface area contributed by atoms with E-state index in [1.807, 2.05) is 0 Å². The Morgan fingerprint density at radius 1 is 1.50 bits per heavy atom. The lowest BCUT2D eigenvalue weighted by Gasteiger charge is -2.08. The molecule has 3 rings (SSSR count). The van der Waals surface area contributed by atoms with Gasteiger partial charge in [-0.1, -0.05) is 5.16 Å². The molecule has 3 heterocycles. The van der Waals surface area contributed by atoms with Gasteiger partial charge in [-0.2, -0.15) is 4.98 Å². The number of hydrogen-bond donors (Lipinski definition) is 1. The Labute approximate surface area is 94.1 Å². The Morgan fingerprint density at radius 3 is 3.19 bits per heavy atom. The van der Waals surface area contributed by atoms with Gasteiger partial charge in [0.05, 0.1) is 11.1 Å². The molecule has 1 aliphatic rings. The van der Waals surface area contributed by atoms with Gasteiger partial charge in [-0.25, -0.2) is 4.98 Å². The van der Waals surface area contributed by atoms with Crippen LogP contribution >= 0.6 is 11.8 Å². The van der Waals surface area contributed by atoms with Gasteiger partial charge in [-0.15, -0.1) is 11.8 Å². The fourth-order valence-electron chi connectivity index (χ4n) is 1.65. The maximum absolute atomic E-state index is 10.6. The molecule has 1 aliphatic heterocycles. The van der Waals surface area contributed by atoms with Gasteiger partial charge in [0.15, 0.2) is 0 Å². The van der Waals surface area contributed by atoms with Gasteiger partial charge in [0, 0.05) is 12.2 Å². The molecule has 0 saturated heterocycles. The van der Waals surface area contributed by atoms with E-state index < -0.39 is 5.97 Å². The van der Waals surface area contributed by atoms with Crippen LogP contribution in [-0.2, 0) is 17.6 Å². The Balaban J connectivity index is 2.18. The molecule has 0 radical (unpaired) electrons. The average Bonchev–Trinajstić information content (AvgIpc) is 2.62. The second kappa shape index (κ2) is 3.44. The summed E-state index contributed by atoms with van der Waals surface area (Å²) in [6, 6.07) is 0. The first kappa shape index (κ1) is 9.59. The smallest absolute Gasteiger partial charge is 0.311 e. The first-order chi connectivity index (χ1) is 7.74. The van der Waals surface area contributed by atoms with Gasteiger partial charge >= 0.3 is 5.97 Å². The van der Waals surface area contributed by atoms with Gasteiger partial charge in [0.1, 0.15) is 17.3 Å². The van der Waals surface area contributed by atoms with Crippen molar-refractivity contribution in [3.05, 3.63) is 11.5 Å². The molecule has 0 saturated carbocycles. The number of carbonyl (C=O) groups is 1. The van der Waals surface area contributed by atoms with Crippen molar-refractivity contribution in [2.24, 2.45) is 0 Å². The van der Waals surface area contributed by atoms with Crippen molar-refractivity contribution in [2.75, 3.05) is 5.75 Å². The van der Waals surface area contributed by atoms with Gasteiger partial charge < -0.3 is 9.63 Å². The molecule has 2 aromatic heterocycles. The van der Waals surface area contributed by atoms with Crippen LogP contribution in [0.4, 0.5) is 0 Å². The summed E-state index contributed by atoms with van der Waals surface area (Å²) < 4.78 is 5.08. The fourth-order valence-corrected chi connectivity index (χ4v) is 2.66. The van der Waals surface area contributed by atoms with Crippen LogP contribution in [-0.4, -0.2) is 32.0 Å². The number of aryl methyl sites for hydroxylation is 1. The molecule has 6 nitrogen and oxygen atoms in total. The summed E-state index contributed by atoms with van der Waals surface area (Å²) in [7, 11) is 0. The number of aromatic nitrogens is 3. The number of aliphatic carboxylic acids is 1. The highest BCUT2D eigenvalue weighted by Crippen LogP contribution is 2.33. The number of hydrogen-bond acceptors (Lipinski definition) is 6. The van der Waals surface area contributed by atoms with Crippen molar-refractivity contribution in [1.29, 1.82) is 0 Å². The summed E-state index contributed by atoms with van der Waals surface area (Å²) in [4.78, 5) is 18.8. The molecule has 0 spiro atoms. The summed E-state index contributed by atoms with van der Waals surface area (Å²) >= 11 is 1.58. The van der Waals surface area contributed by atoms with Crippen LogP contribution in [0.5, 0.6) is 0 Å². The lowest BCUT2D eigenvalue weighted by Crippen LogP contribution is -2.07. The van der Waals surface area contributed by atoms with Crippen LogP contribution < -0.4 is 0 Å². The van der Waals surface area contributed by atoms with E-state index in [1.54, 1.807) is 11.8 Å². The van der Waals surface area contributed by atoms with Crippen LogP contribution in [0.1, 0.15) is 11.5 Å². The normalized spacial score (nSPS) is 14.2. The monoisotopic (exact) mass is 237 g/mol. The summed E-state index contributed by atoms with van der Waals surface area (Å²) in [5.41, 5.74) is 1.26. The first-order valence-electron chi connectivity index (χ1n) is 4.74. The molecule has 0 aromatic carbocycles. The van der Waals surface area contributed by atoms with Crippen LogP contribution in [0, 0.1) is 0 Å². The van der Waals surface area contributed by atoms with E-state index in [0.29, 0.717) is 5.71 Å². The second-order valence-corrected chi connectivity index (χ2v) is 4.51. The van der Waals surface area contributed by atoms with Crippen molar-refractivity contribution < 1.29 is 14.4 Å². The minimum absolute atomic E-state index is 0.195. The Morgan fingerprint density at radius 2 is 2.38 bits per heavy atom. The van der Waals surface area contributed by atoms with Crippen LogP contribution in [0.3, 0.4) is 0 Å². The topological polar surface area (TPSA) is 89.1 Å². The molecule has 16 heavy (non-hydrogen) atoms. The second-order valence-electron chi connectivity index (χ2n) is 3.42. The Hall–Kier alpha value is -1.63. The Kier molecular flexibility index (Phi) is 2.06. The molecule has 82 valence electrons. The van der Waals surface area contributed by atoms with E-state index in [2.05, 4.69) is 15.1 Å². The van der Waals surface area contributed by atoms with Gasteiger partial charge in [-0.05, 0) is 0 Å². The number of carboxylic acid groups (broad SMARTS) is 1. The quantitative estimate of drug-likeness (QED) is 0.776. The summed E-state index contributed by atoms with van der Waals surface area (Å²) in [6.07, 6.45) is 0.645. The molecule has 2 aromatic rings. The van der Waals surface area contributed by atoms with E-state index >= 15 is 0 Å². The SMILES string of the molecule is O=C(O)Cc1nc2c3c(noc3n1)CCS2. The van der Waals surface area contributed by atoms with Gasteiger partial charge in [0.25, 0.3) is 5.71 Å². The van der Waals surface area contributed by atoms with Crippen molar-refractivity contribution in [3.63, 3.8) is 0 Å². The molecule has 0 atom stereocenters. The maximum atomic E-state index is 10.6. The van der Waals surface area contributed by atoms with E-state index in [0.717, 1.165) is 28.3 Å². The molecule has 7 heteroatoms. The van der Waals surface area contributed by atoms with Crippen molar-refractivity contribution >= 4 is 28.8 Å². The maximum Gasteiger partial charge on any atom is 0.311 e. The molecule has 0 unspecified atom stereocenters. The standard InChI is InChI=1S/C9H7N3O3S/c13-6(14)3-5-10-8-7-4(12-15-8)1-2-16-9(7)11-5/h1-3H2,(H,13,14). The van der Waals surface area contributed by atoms with E-state index in [-0.39, 0.29) is 12.2 Å². The third-order valence-corrected chi connectivity index (χ3v) is 3.28. The summed E-state index contributed by atoms with van der Waals surface area (Å²) in [5, 5.41) is 14.2. The number of carboxylic acids is 1. The lowest BCUT2D eigenvalue weighted by atomic mass is 10.2. The van der Waals surface area contributed by atoms with Crippen LogP contribution in [0.2, 0.25) is 0 Å². The van der Waals surface area contributed by atoms with E-state index in [9.17, 15) is 4.79 Å². The predicted octanol–water partition coefficient (Wildman–Crippen LogP) is 0.893. The number of nitrogens with zero attached hydrogens (tertiary/aromatic N) is 3. The van der Waals surface area contributed by atoms with Crippen molar-refractivity contribution in [3.8, 4) is 0 Å². The highest BCUT2D eigenvalue weighted by atomic mass is 32.2. The third-order valence-electron chi connectivity index (χ3n) is 2.31. The molecule has 0 aliphatic carbocycles. The zero-order valence-corrected chi connectivity index (χ0v) is 8.95. The van der Waals surface area contributed by atoms with Gasteiger partial charge in [0.2, 0.25) is 0 Å². The van der Waals surface area contributed by atoms with Crippen LogP contribution in [0.25, 0.3) is 11.1 Å². The molecular formula is C9H7N3O3S. The van der Waals surface area contributed by atoms with E-state index in [1.165, 1.54) is 0 Å². The number of rotatable bonds is 2. The zero-order valence-electron chi connectivity index (χ0n) is 8.13. The number of thioether (sulfide) groups is 1. The van der Waals surface area contributed by atoms with Crippen molar-refractivity contribution in [1.82, 2.24) is 15.1 Å². The molecule has 0 fully saturated rings. The molecule has 0 bridgehead atoms.